The summed E-state index contributed by atoms with van der Waals surface area (Å²) in [4.78, 5) is 0. The molecule has 0 saturated carbocycles. The Morgan fingerprint density at radius 1 is 1.07 bits per heavy atom. The van der Waals surface area contributed by atoms with E-state index in [0.29, 0.717) is 0 Å². The third kappa shape index (κ3) is 2.82. The minimum absolute atomic E-state index is 0.633. The van der Waals surface area contributed by atoms with Crippen LogP contribution in [0.25, 0.3) is 0 Å². The van der Waals surface area contributed by atoms with Gasteiger partial charge in [0.1, 0.15) is 0 Å². The van der Waals surface area contributed by atoms with Crippen molar-refractivity contribution in [2.24, 2.45) is 0 Å². The van der Waals surface area contributed by atoms with Crippen LogP contribution in [0.2, 0.25) is 0 Å². The zero-order valence-electron chi connectivity index (χ0n) is 10.3. The SMILES string of the molecule is CCCC(O)(CC)c1cc(C)cc(C)c1. The standard InChI is InChI=1S/C14H22O/c1-5-7-14(15,6-2)13-9-11(3)8-12(4)10-13/h8-10,15H,5-7H2,1-4H3. The van der Waals surface area contributed by atoms with Crippen molar-refractivity contribution < 1.29 is 5.11 Å². The van der Waals surface area contributed by atoms with Crippen LogP contribution in [0.15, 0.2) is 18.2 Å². The van der Waals surface area contributed by atoms with Crippen LogP contribution in [0.1, 0.15) is 49.8 Å². The highest BCUT2D eigenvalue weighted by atomic mass is 16.3. The van der Waals surface area contributed by atoms with Gasteiger partial charge in [-0.2, -0.15) is 0 Å². The van der Waals surface area contributed by atoms with Crippen molar-refractivity contribution in [1.82, 2.24) is 0 Å². The topological polar surface area (TPSA) is 20.2 Å². The van der Waals surface area contributed by atoms with E-state index in [0.717, 1.165) is 24.8 Å². The molecule has 0 aromatic heterocycles. The summed E-state index contributed by atoms with van der Waals surface area (Å²) in [6.07, 6.45) is 2.63. The predicted octanol–water partition coefficient (Wildman–Crippen LogP) is 3.70. The van der Waals surface area contributed by atoms with E-state index in [1.165, 1.54) is 11.1 Å². The van der Waals surface area contributed by atoms with E-state index in [-0.39, 0.29) is 0 Å². The minimum Gasteiger partial charge on any atom is -0.385 e. The van der Waals surface area contributed by atoms with Crippen LogP contribution in [-0.2, 0) is 5.60 Å². The van der Waals surface area contributed by atoms with Gasteiger partial charge in [0.2, 0.25) is 0 Å². The number of aliphatic hydroxyl groups is 1. The van der Waals surface area contributed by atoms with Crippen molar-refractivity contribution in [3.8, 4) is 0 Å². The molecule has 0 saturated heterocycles. The third-order valence-corrected chi connectivity index (χ3v) is 3.01. The minimum atomic E-state index is -0.633. The Labute approximate surface area is 93.1 Å². The molecular weight excluding hydrogens is 184 g/mol. The van der Waals surface area contributed by atoms with E-state index in [1.54, 1.807) is 0 Å². The summed E-state index contributed by atoms with van der Waals surface area (Å²) in [6, 6.07) is 6.35. The van der Waals surface area contributed by atoms with Crippen LogP contribution in [0.4, 0.5) is 0 Å². The molecule has 84 valence electrons. The van der Waals surface area contributed by atoms with E-state index in [4.69, 9.17) is 0 Å². The van der Waals surface area contributed by atoms with Gasteiger partial charge in [-0.05, 0) is 32.3 Å². The molecule has 0 bridgehead atoms. The molecule has 15 heavy (non-hydrogen) atoms. The normalized spacial score (nSPS) is 15.0. The molecule has 0 aliphatic heterocycles. The number of benzene rings is 1. The lowest BCUT2D eigenvalue weighted by Crippen LogP contribution is -2.24. The molecule has 0 heterocycles. The zero-order chi connectivity index (χ0) is 11.5. The van der Waals surface area contributed by atoms with Crippen molar-refractivity contribution in [3.63, 3.8) is 0 Å². The van der Waals surface area contributed by atoms with Gasteiger partial charge in [0, 0.05) is 0 Å². The summed E-state index contributed by atoms with van der Waals surface area (Å²) in [5.41, 5.74) is 2.90. The van der Waals surface area contributed by atoms with Gasteiger partial charge in [-0.1, -0.05) is 49.6 Å². The molecule has 1 heteroatoms. The summed E-state index contributed by atoms with van der Waals surface area (Å²) < 4.78 is 0. The maximum absolute atomic E-state index is 10.5. The highest BCUT2D eigenvalue weighted by Gasteiger charge is 2.26. The molecule has 1 rings (SSSR count). The van der Waals surface area contributed by atoms with Gasteiger partial charge in [-0.15, -0.1) is 0 Å². The summed E-state index contributed by atoms with van der Waals surface area (Å²) in [6.45, 7) is 8.33. The van der Waals surface area contributed by atoms with E-state index >= 15 is 0 Å². The average molecular weight is 206 g/mol. The molecule has 0 radical (unpaired) electrons. The molecule has 1 unspecified atom stereocenters. The Morgan fingerprint density at radius 3 is 2.00 bits per heavy atom. The maximum atomic E-state index is 10.5. The number of rotatable bonds is 4. The summed E-state index contributed by atoms with van der Waals surface area (Å²) in [5.74, 6) is 0. The fourth-order valence-corrected chi connectivity index (χ4v) is 2.18. The lowest BCUT2D eigenvalue weighted by atomic mass is 9.85. The monoisotopic (exact) mass is 206 g/mol. The maximum Gasteiger partial charge on any atom is 0.0894 e. The molecule has 0 fully saturated rings. The second kappa shape index (κ2) is 4.80. The molecule has 1 N–H and O–H groups in total. The second-order valence-electron chi connectivity index (χ2n) is 4.51. The Hall–Kier alpha value is -0.820. The van der Waals surface area contributed by atoms with Crippen LogP contribution in [-0.4, -0.2) is 5.11 Å². The first-order valence-corrected chi connectivity index (χ1v) is 5.83. The highest BCUT2D eigenvalue weighted by molar-refractivity contribution is 5.32. The van der Waals surface area contributed by atoms with Crippen molar-refractivity contribution in [2.75, 3.05) is 0 Å². The first-order valence-electron chi connectivity index (χ1n) is 5.83. The molecule has 1 atom stereocenters. The van der Waals surface area contributed by atoms with Gasteiger partial charge < -0.3 is 5.11 Å². The van der Waals surface area contributed by atoms with E-state index in [9.17, 15) is 5.11 Å². The van der Waals surface area contributed by atoms with Crippen LogP contribution < -0.4 is 0 Å². The number of hydrogen-bond donors (Lipinski definition) is 1. The summed E-state index contributed by atoms with van der Waals surface area (Å²) >= 11 is 0. The van der Waals surface area contributed by atoms with Crippen molar-refractivity contribution in [1.29, 1.82) is 0 Å². The van der Waals surface area contributed by atoms with Gasteiger partial charge in [0.05, 0.1) is 5.60 Å². The van der Waals surface area contributed by atoms with Gasteiger partial charge >= 0.3 is 0 Å². The fraction of sp³-hybridized carbons (Fsp3) is 0.571. The van der Waals surface area contributed by atoms with Gasteiger partial charge in [0.15, 0.2) is 0 Å². The summed E-state index contributed by atoms with van der Waals surface area (Å²) in [7, 11) is 0. The largest absolute Gasteiger partial charge is 0.385 e. The Bertz CT molecular complexity index is 310. The highest BCUT2D eigenvalue weighted by Crippen LogP contribution is 2.31. The Kier molecular flexibility index (Phi) is 3.92. The molecule has 0 aliphatic carbocycles. The van der Waals surface area contributed by atoms with Crippen LogP contribution in [0, 0.1) is 13.8 Å². The number of hydrogen-bond acceptors (Lipinski definition) is 1. The summed E-state index contributed by atoms with van der Waals surface area (Å²) in [5, 5.41) is 10.5. The molecule has 0 aliphatic rings. The van der Waals surface area contributed by atoms with E-state index < -0.39 is 5.60 Å². The molecule has 0 spiro atoms. The van der Waals surface area contributed by atoms with Crippen LogP contribution in [0.3, 0.4) is 0 Å². The van der Waals surface area contributed by atoms with Crippen molar-refractivity contribution in [2.45, 2.75) is 52.6 Å². The first-order chi connectivity index (χ1) is 7.01. The van der Waals surface area contributed by atoms with E-state index in [1.807, 2.05) is 6.92 Å². The molecule has 0 amide bonds. The molecule has 1 nitrogen and oxygen atoms in total. The smallest absolute Gasteiger partial charge is 0.0894 e. The average Bonchev–Trinajstić information content (AvgIpc) is 2.16. The van der Waals surface area contributed by atoms with Crippen LogP contribution >= 0.6 is 0 Å². The molecule has 1 aromatic rings. The van der Waals surface area contributed by atoms with Gasteiger partial charge in [-0.3, -0.25) is 0 Å². The first kappa shape index (κ1) is 12.3. The predicted molar refractivity (Wildman–Crippen MR) is 65.0 cm³/mol. The van der Waals surface area contributed by atoms with Crippen molar-refractivity contribution >= 4 is 0 Å². The zero-order valence-corrected chi connectivity index (χ0v) is 10.3. The Balaban J connectivity index is 3.11. The van der Waals surface area contributed by atoms with Gasteiger partial charge in [-0.25, -0.2) is 0 Å². The Morgan fingerprint density at radius 2 is 1.60 bits per heavy atom. The quantitative estimate of drug-likeness (QED) is 0.796. The fourth-order valence-electron chi connectivity index (χ4n) is 2.18. The van der Waals surface area contributed by atoms with Crippen LogP contribution in [0.5, 0.6) is 0 Å². The molecular formula is C14H22O. The third-order valence-electron chi connectivity index (χ3n) is 3.01. The second-order valence-corrected chi connectivity index (χ2v) is 4.51. The molecule has 1 aromatic carbocycles. The van der Waals surface area contributed by atoms with Crippen molar-refractivity contribution in [3.05, 3.63) is 34.9 Å². The number of aryl methyl sites for hydroxylation is 2. The van der Waals surface area contributed by atoms with E-state index in [2.05, 4.69) is 39.0 Å². The lowest BCUT2D eigenvalue weighted by molar-refractivity contribution is 0.0225. The van der Waals surface area contributed by atoms with Gasteiger partial charge in [0.25, 0.3) is 0 Å². The lowest BCUT2D eigenvalue weighted by Gasteiger charge is -2.27.